The molecule has 15 heavy (non-hydrogen) atoms. The maximum absolute atomic E-state index is 13.6. The van der Waals surface area contributed by atoms with Crippen molar-refractivity contribution in [2.45, 2.75) is 38.2 Å². The predicted octanol–water partition coefficient (Wildman–Crippen LogP) is 3.22. The van der Waals surface area contributed by atoms with Crippen LogP contribution in [0.15, 0.2) is 24.3 Å². The minimum atomic E-state index is -0.930. The fourth-order valence-corrected chi connectivity index (χ4v) is 2.77. The third-order valence-corrected chi connectivity index (χ3v) is 3.62. The average Bonchev–Trinajstić information content (AvgIpc) is 2.61. The maximum atomic E-state index is 13.6. The van der Waals surface area contributed by atoms with Gasteiger partial charge in [-0.2, -0.15) is 0 Å². The van der Waals surface area contributed by atoms with Crippen molar-refractivity contribution in [1.29, 1.82) is 0 Å². The van der Waals surface area contributed by atoms with Crippen LogP contribution in [0.25, 0.3) is 0 Å². The SMILES string of the molecule is CCC1CCCC1(O)c1ccccc1F. The molecule has 0 radical (unpaired) electrons. The predicted molar refractivity (Wildman–Crippen MR) is 57.9 cm³/mol. The van der Waals surface area contributed by atoms with Crippen LogP contribution in [-0.4, -0.2) is 5.11 Å². The minimum absolute atomic E-state index is 0.203. The Morgan fingerprint density at radius 3 is 2.87 bits per heavy atom. The Kier molecular flexibility index (Phi) is 2.79. The smallest absolute Gasteiger partial charge is 0.129 e. The minimum Gasteiger partial charge on any atom is -0.385 e. The van der Waals surface area contributed by atoms with Gasteiger partial charge < -0.3 is 5.11 Å². The van der Waals surface area contributed by atoms with Gasteiger partial charge in [-0.3, -0.25) is 0 Å². The van der Waals surface area contributed by atoms with Gasteiger partial charge >= 0.3 is 0 Å². The number of hydrogen-bond donors (Lipinski definition) is 1. The Hall–Kier alpha value is -0.890. The number of aliphatic hydroxyl groups is 1. The van der Waals surface area contributed by atoms with Crippen molar-refractivity contribution in [1.82, 2.24) is 0 Å². The molecule has 0 aliphatic heterocycles. The van der Waals surface area contributed by atoms with E-state index in [2.05, 4.69) is 6.92 Å². The highest BCUT2D eigenvalue weighted by molar-refractivity contribution is 5.26. The van der Waals surface area contributed by atoms with Gasteiger partial charge in [0.1, 0.15) is 5.82 Å². The second-order valence-corrected chi connectivity index (χ2v) is 4.40. The molecule has 0 aromatic heterocycles. The first-order valence-electron chi connectivity index (χ1n) is 5.66. The van der Waals surface area contributed by atoms with Gasteiger partial charge in [-0.05, 0) is 31.2 Å². The zero-order chi connectivity index (χ0) is 10.9. The lowest BCUT2D eigenvalue weighted by atomic mass is 9.82. The van der Waals surface area contributed by atoms with E-state index in [1.807, 2.05) is 0 Å². The highest BCUT2D eigenvalue weighted by Crippen LogP contribution is 2.45. The molecule has 1 aromatic rings. The molecule has 1 saturated carbocycles. The van der Waals surface area contributed by atoms with Gasteiger partial charge in [0.25, 0.3) is 0 Å². The monoisotopic (exact) mass is 208 g/mol. The van der Waals surface area contributed by atoms with Crippen molar-refractivity contribution in [2.24, 2.45) is 5.92 Å². The van der Waals surface area contributed by atoms with Crippen molar-refractivity contribution in [2.75, 3.05) is 0 Å². The fourth-order valence-electron chi connectivity index (χ4n) is 2.77. The summed E-state index contributed by atoms with van der Waals surface area (Å²) in [5.74, 6) is -0.0743. The second-order valence-electron chi connectivity index (χ2n) is 4.40. The van der Waals surface area contributed by atoms with E-state index in [-0.39, 0.29) is 11.7 Å². The van der Waals surface area contributed by atoms with Crippen LogP contribution >= 0.6 is 0 Å². The highest BCUT2D eigenvalue weighted by atomic mass is 19.1. The quantitative estimate of drug-likeness (QED) is 0.791. The standard InChI is InChI=1S/C13H17FO/c1-2-10-6-5-9-13(10,15)11-7-3-4-8-12(11)14/h3-4,7-8,10,15H,2,5-6,9H2,1H3. The molecule has 0 amide bonds. The Balaban J connectivity index is 2.40. The molecule has 0 saturated heterocycles. The lowest BCUT2D eigenvalue weighted by Gasteiger charge is -2.30. The van der Waals surface area contributed by atoms with E-state index >= 15 is 0 Å². The van der Waals surface area contributed by atoms with Crippen molar-refractivity contribution in [3.8, 4) is 0 Å². The van der Waals surface area contributed by atoms with E-state index in [1.165, 1.54) is 6.07 Å². The summed E-state index contributed by atoms with van der Waals surface area (Å²) in [5, 5.41) is 10.6. The topological polar surface area (TPSA) is 20.2 Å². The molecule has 1 nitrogen and oxygen atoms in total. The maximum Gasteiger partial charge on any atom is 0.129 e. The number of halogens is 1. The van der Waals surface area contributed by atoms with Crippen molar-refractivity contribution in [3.63, 3.8) is 0 Å². The average molecular weight is 208 g/mol. The van der Waals surface area contributed by atoms with E-state index in [0.717, 1.165) is 19.3 Å². The Morgan fingerprint density at radius 2 is 2.20 bits per heavy atom. The number of benzene rings is 1. The first-order chi connectivity index (χ1) is 7.18. The normalized spacial score (nSPS) is 30.7. The third-order valence-electron chi connectivity index (χ3n) is 3.62. The first kappa shape index (κ1) is 10.6. The zero-order valence-electron chi connectivity index (χ0n) is 9.04. The summed E-state index contributed by atoms with van der Waals surface area (Å²) >= 11 is 0. The van der Waals surface area contributed by atoms with Crippen LogP contribution in [0.5, 0.6) is 0 Å². The fraction of sp³-hybridized carbons (Fsp3) is 0.538. The molecule has 2 rings (SSSR count). The van der Waals surface area contributed by atoms with Crippen LogP contribution in [-0.2, 0) is 5.60 Å². The summed E-state index contributed by atoms with van der Waals surface area (Å²) in [6.07, 6.45) is 3.59. The van der Waals surface area contributed by atoms with Crippen LogP contribution in [0.4, 0.5) is 4.39 Å². The summed E-state index contributed by atoms with van der Waals surface area (Å²) in [7, 11) is 0. The highest BCUT2D eigenvalue weighted by Gasteiger charge is 2.42. The van der Waals surface area contributed by atoms with Gasteiger partial charge in [0.15, 0.2) is 0 Å². The molecule has 82 valence electrons. The van der Waals surface area contributed by atoms with E-state index in [4.69, 9.17) is 0 Å². The summed E-state index contributed by atoms with van der Waals surface area (Å²) < 4.78 is 13.6. The molecule has 1 aliphatic carbocycles. The second kappa shape index (κ2) is 3.93. The molecule has 2 heteroatoms. The summed E-state index contributed by atoms with van der Waals surface area (Å²) in [6.45, 7) is 2.06. The van der Waals surface area contributed by atoms with Crippen LogP contribution in [0.2, 0.25) is 0 Å². The van der Waals surface area contributed by atoms with Crippen LogP contribution in [0.3, 0.4) is 0 Å². The largest absolute Gasteiger partial charge is 0.385 e. The summed E-state index contributed by atoms with van der Waals surface area (Å²) in [4.78, 5) is 0. The van der Waals surface area contributed by atoms with E-state index in [9.17, 15) is 9.50 Å². The molecule has 2 unspecified atom stereocenters. The van der Waals surface area contributed by atoms with E-state index in [1.54, 1.807) is 18.2 Å². The molecular weight excluding hydrogens is 191 g/mol. The summed E-state index contributed by atoms with van der Waals surface area (Å²) in [5.41, 5.74) is -0.450. The van der Waals surface area contributed by atoms with Gasteiger partial charge in [-0.1, -0.05) is 31.5 Å². The number of rotatable bonds is 2. The molecule has 1 N–H and O–H groups in total. The Morgan fingerprint density at radius 1 is 1.47 bits per heavy atom. The van der Waals surface area contributed by atoms with Crippen LogP contribution in [0.1, 0.15) is 38.2 Å². The lowest BCUT2D eigenvalue weighted by molar-refractivity contribution is -0.00702. The van der Waals surface area contributed by atoms with Gasteiger partial charge in [0.2, 0.25) is 0 Å². The Labute approximate surface area is 89.9 Å². The van der Waals surface area contributed by atoms with Crippen molar-refractivity contribution < 1.29 is 9.50 Å². The van der Waals surface area contributed by atoms with Crippen molar-refractivity contribution >= 4 is 0 Å². The van der Waals surface area contributed by atoms with Gasteiger partial charge in [-0.15, -0.1) is 0 Å². The molecule has 2 atom stereocenters. The van der Waals surface area contributed by atoms with Gasteiger partial charge in [-0.25, -0.2) is 4.39 Å². The molecule has 0 bridgehead atoms. The van der Waals surface area contributed by atoms with Crippen LogP contribution < -0.4 is 0 Å². The van der Waals surface area contributed by atoms with Crippen molar-refractivity contribution in [3.05, 3.63) is 35.6 Å². The molecule has 0 heterocycles. The van der Waals surface area contributed by atoms with Gasteiger partial charge in [0.05, 0.1) is 5.60 Å². The third kappa shape index (κ3) is 1.67. The Bertz CT molecular complexity index is 350. The van der Waals surface area contributed by atoms with Crippen LogP contribution in [0, 0.1) is 11.7 Å². The molecule has 1 aromatic carbocycles. The molecular formula is C13H17FO. The van der Waals surface area contributed by atoms with E-state index in [0.29, 0.717) is 12.0 Å². The summed E-state index contributed by atoms with van der Waals surface area (Å²) in [6, 6.07) is 6.60. The zero-order valence-corrected chi connectivity index (χ0v) is 9.04. The molecule has 1 fully saturated rings. The van der Waals surface area contributed by atoms with Gasteiger partial charge in [0, 0.05) is 5.56 Å². The first-order valence-corrected chi connectivity index (χ1v) is 5.66. The lowest BCUT2D eigenvalue weighted by Crippen LogP contribution is -2.30. The molecule has 1 aliphatic rings. The number of hydrogen-bond acceptors (Lipinski definition) is 1. The van der Waals surface area contributed by atoms with E-state index < -0.39 is 5.60 Å². The molecule has 0 spiro atoms.